The number of nitriles is 1. The first-order chi connectivity index (χ1) is 10.4. The average molecular weight is 317 g/mol. The number of nitrogens with zero attached hydrogens (tertiary/aromatic N) is 1. The Bertz CT molecular complexity index is 770. The van der Waals surface area contributed by atoms with Crippen molar-refractivity contribution in [3.05, 3.63) is 34.2 Å². The second kappa shape index (κ2) is 6.58. The van der Waals surface area contributed by atoms with Crippen LogP contribution in [0.2, 0.25) is 0 Å². The first kappa shape index (κ1) is 16.0. The largest absolute Gasteiger partial charge is 0.516 e. The van der Waals surface area contributed by atoms with Gasteiger partial charge in [-0.25, -0.2) is 9.59 Å². The predicted octanol–water partition coefficient (Wildman–Crippen LogP) is 4.03. The van der Waals surface area contributed by atoms with E-state index in [0.717, 1.165) is 15.6 Å². The third kappa shape index (κ3) is 3.43. The van der Waals surface area contributed by atoms with Crippen LogP contribution in [0.1, 0.15) is 34.6 Å². The van der Waals surface area contributed by atoms with Gasteiger partial charge in [0.1, 0.15) is 10.9 Å². The Balaban J connectivity index is 2.15. The van der Waals surface area contributed by atoms with Crippen molar-refractivity contribution < 1.29 is 19.1 Å². The minimum Gasteiger partial charge on any atom is -0.434 e. The van der Waals surface area contributed by atoms with Crippen molar-refractivity contribution in [3.8, 4) is 6.07 Å². The van der Waals surface area contributed by atoms with Crippen molar-refractivity contribution in [2.75, 3.05) is 6.61 Å². The third-order valence-corrected chi connectivity index (χ3v) is 4.15. The second-order valence-electron chi connectivity index (χ2n) is 5.22. The van der Waals surface area contributed by atoms with Gasteiger partial charge < -0.3 is 9.47 Å². The summed E-state index contributed by atoms with van der Waals surface area (Å²) < 4.78 is 10.2. The predicted molar refractivity (Wildman–Crippen MR) is 82.9 cm³/mol. The molecule has 0 aliphatic heterocycles. The molecule has 2 rings (SSSR count). The maximum Gasteiger partial charge on any atom is 0.516 e. The van der Waals surface area contributed by atoms with Gasteiger partial charge in [0.15, 0.2) is 0 Å². The zero-order valence-corrected chi connectivity index (χ0v) is 13.3. The monoisotopic (exact) mass is 317 g/mol. The molecule has 0 fully saturated rings. The molecule has 0 saturated heterocycles. The molecule has 1 aromatic carbocycles. The fourth-order valence-electron chi connectivity index (χ4n) is 1.86. The number of hydrogen-bond acceptors (Lipinski definition) is 6. The first-order valence-corrected chi connectivity index (χ1v) is 7.56. The lowest BCUT2D eigenvalue weighted by atomic mass is 10.1. The van der Waals surface area contributed by atoms with Crippen LogP contribution in [0.5, 0.6) is 0 Å². The van der Waals surface area contributed by atoms with E-state index in [0.29, 0.717) is 4.88 Å². The zero-order valence-electron chi connectivity index (χ0n) is 12.5. The number of fused-ring (bicyclic) bond motifs is 1. The second-order valence-corrected chi connectivity index (χ2v) is 6.28. The molecule has 6 heteroatoms. The van der Waals surface area contributed by atoms with Gasteiger partial charge in [-0.2, -0.15) is 5.26 Å². The van der Waals surface area contributed by atoms with Gasteiger partial charge in [-0.1, -0.05) is 19.9 Å². The number of benzene rings is 1. The Morgan fingerprint density at radius 1 is 1.36 bits per heavy atom. The summed E-state index contributed by atoms with van der Waals surface area (Å²) in [5.74, 6) is -0.599. The molecule has 22 heavy (non-hydrogen) atoms. The van der Waals surface area contributed by atoms with Crippen LogP contribution in [-0.2, 0) is 9.47 Å². The van der Waals surface area contributed by atoms with Gasteiger partial charge in [0.05, 0.1) is 12.2 Å². The molecule has 0 saturated carbocycles. The van der Waals surface area contributed by atoms with E-state index >= 15 is 0 Å². The Hall–Kier alpha value is -2.39. The van der Waals surface area contributed by atoms with Crippen molar-refractivity contribution in [2.24, 2.45) is 5.92 Å². The van der Waals surface area contributed by atoms with Gasteiger partial charge in [0, 0.05) is 4.70 Å². The van der Waals surface area contributed by atoms with Crippen molar-refractivity contribution in [3.63, 3.8) is 0 Å². The Kier molecular flexibility index (Phi) is 4.78. The molecule has 0 atom stereocenters. The van der Waals surface area contributed by atoms with Gasteiger partial charge in [0.2, 0.25) is 0 Å². The molecule has 114 valence electrons. The van der Waals surface area contributed by atoms with Crippen LogP contribution in [0, 0.1) is 24.2 Å². The highest BCUT2D eigenvalue weighted by Crippen LogP contribution is 2.31. The van der Waals surface area contributed by atoms with Gasteiger partial charge in [-0.05, 0) is 35.9 Å². The van der Waals surface area contributed by atoms with Crippen LogP contribution >= 0.6 is 11.3 Å². The van der Waals surface area contributed by atoms with Crippen molar-refractivity contribution in [2.45, 2.75) is 20.8 Å². The molecule has 0 radical (unpaired) electrons. The Labute approximate surface area is 132 Å². The molecule has 0 aliphatic rings. The smallest absolute Gasteiger partial charge is 0.434 e. The number of hydrogen-bond donors (Lipinski definition) is 0. The van der Waals surface area contributed by atoms with Crippen LogP contribution in [0.15, 0.2) is 18.2 Å². The van der Waals surface area contributed by atoms with Crippen molar-refractivity contribution in [1.29, 1.82) is 5.26 Å². The number of carbonyl (C=O) groups is 2. The normalized spacial score (nSPS) is 10.5. The van der Waals surface area contributed by atoms with E-state index in [4.69, 9.17) is 10.00 Å². The van der Waals surface area contributed by atoms with Crippen LogP contribution in [0.3, 0.4) is 0 Å². The standard InChI is InChI=1S/C16H15NO4S/c1-9(2)8-20-16(19)21-15(18)11-4-5-12-10(3)14(7-17)22-13(12)6-11/h4-6,9H,8H2,1-3H3. The van der Waals surface area contributed by atoms with E-state index in [9.17, 15) is 9.59 Å². The maximum atomic E-state index is 11.9. The van der Waals surface area contributed by atoms with Crippen LogP contribution in [-0.4, -0.2) is 18.7 Å². The van der Waals surface area contributed by atoms with Crippen LogP contribution in [0.25, 0.3) is 10.1 Å². The fraction of sp³-hybridized carbons (Fsp3) is 0.312. The van der Waals surface area contributed by atoms with Crippen LogP contribution in [0.4, 0.5) is 4.79 Å². The fourth-order valence-corrected chi connectivity index (χ4v) is 2.90. The minimum atomic E-state index is -1.00. The topological polar surface area (TPSA) is 76.4 Å². The zero-order chi connectivity index (χ0) is 16.3. The van der Waals surface area contributed by atoms with E-state index in [1.807, 2.05) is 20.8 Å². The van der Waals surface area contributed by atoms with E-state index in [-0.39, 0.29) is 18.1 Å². The van der Waals surface area contributed by atoms with E-state index in [1.54, 1.807) is 18.2 Å². The summed E-state index contributed by atoms with van der Waals surface area (Å²) in [5.41, 5.74) is 1.14. The molecule has 1 heterocycles. The van der Waals surface area contributed by atoms with Gasteiger partial charge in [-0.15, -0.1) is 11.3 Å². The summed E-state index contributed by atoms with van der Waals surface area (Å²) in [6, 6.07) is 7.06. The molecule has 5 nitrogen and oxygen atoms in total. The first-order valence-electron chi connectivity index (χ1n) is 6.74. The van der Waals surface area contributed by atoms with Crippen molar-refractivity contribution in [1.82, 2.24) is 0 Å². The highest BCUT2D eigenvalue weighted by atomic mass is 32.1. The average Bonchev–Trinajstić information content (AvgIpc) is 2.81. The lowest BCUT2D eigenvalue weighted by Crippen LogP contribution is -2.16. The van der Waals surface area contributed by atoms with Gasteiger partial charge in [-0.3, -0.25) is 0 Å². The maximum absolute atomic E-state index is 11.9. The molecule has 0 N–H and O–H groups in total. The highest BCUT2D eigenvalue weighted by molar-refractivity contribution is 7.19. The summed E-state index contributed by atoms with van der Waals surface area (Å²) >= 11 is 1.30. The van der Waals surface area contributed by atoms with E-state index < -0.39 is 12.1 Å². The molecular weight excluding hydrogens is 302 g/mol. The van der Waals surface area contributed by atoms with Gasteiger partial charge in [0.25, 0.3) is 0 Å². The van der Waals surface area contributed by atoms with Gasteiger partial charge >= 0.3 is 12.1 Å². The summed E-state index contributed by atoms with van der Waals surface area (Å²) in [6.07, 6.45) is -1.00. The Morgan fingerprint density at radius 3 is 2.73 bits per heavy atom. The third-order valence-electron chi connectivity index (χ3n) is 2.99. The number of rotatable bonds is 3. The van der Waals surface area contributed by atoms with Crippen LogP contribution < -0.4 is 0 Å². The minimum absolute atomic E-state index is 0.164. The summed E-state index contributed by atoms with van der Waals surface area (Å²) in [7, 11) is 0. The number of aryl methyl sites for hydroxylation is 1. The number of ether oxygens (including phenoxy) is 2. The Morgan fingerprint density at radius 2 is 2.09 bits per heavy atom. The molecule has 1 aromatic heterocycles. The molecular formula is C16H15NO4S. The summed E-state index contributed by atoms with van der Waals surface area (Å²) in [5, 5.41) is 9.95. The highest BCUT2D eigenvalue weighted by Gasteiger charge is 2.16. The molecule has 0 aliphatic carbocycles. The molecule has 0 amide bonds. The number of esters is 1. The summed E-state index contributed by atoms with van der Waals surface area (Å²) in [4.78, 5) is 23.9. The van der Waals surface area contributed by atoms with E-state index in [1.165, 1.54) is 11.3 Å². The lowest BCUT2D eigenvalue weighted by molar-refractivity contribution is 0.0351. The number of carbonyl (C=O) groups excluding carboxylic acids is 2. The lowest BCUT2D eigenvalue weighted by Gasteiger charge is -2.06. The molecule has 2 aromatic rings. The SMILES string of the molecule is Cc1c(C#N)sc2cc(C(=O)OC(=O)OCC(C)C)ccc12. The molecule has 0 unspecified atom stereocenters. The molecule has 0 spiro atoms. The van der Waals surface area contributed by atoms with Crippen molar-refractivity contribution >= 4 is 33.5 Å². The number of thiophene rings is 1. The van der Waals surface area contributed by atoms with E-state index in [2.05, 4.69) is 10.8 Å². The molecule has 0 bridgehead atoms. The summed E-state index contributed by atoms with van der Waals surface area (Å²) in [6.45, 7) is 5.82. The quantitative estimate of drug-likeness (QED) is 0.631.